The summed E-state index contributed by atoms with van der Waals surface area (Å²) in [5.41, 5.74) is 3.61. The Kier molecular flexibility index (Phi) is 5.51. The van der Waals surface area contributed by atoms with Crippen LogP contribution in [-0.2, 0) is 19.6 Å². The number of hydrogen-bond donors (Lipinski definition) is 3. The molecule has 0 radical (unpaired) electrons. The zero-order valence-electron chi connectivity index (χ0n) is 17.1. The normalized spacial score (nSPS) is 17.3. The number of nitrogens with one attached hydrogen (secondary N) is 2. The van der Waals surface area contributed by atoms with E-state index in [0.717, 1.165) is 23.5 Å². The first-order valence-electron chi connectivity index (χ1n) is 10.0. The van der Waals surface area contributed by atoms with Gasteiger partial charge in [-0.15, -0.1) is 11.3 Å². The Labute approximate surface area is 174 Å². The molecule has 0 fully saturated rings. The van der Waals surface area contributed by atoms with Crippen LogP contribution in [0, 0.1) is 0 Å². The molecule has 4 heterocycles. The quantitative estimate of drug-likeness (QED) is 0.422. The summed E-state index contributed by atoms with van der Waals surface area (Å²) in [6, 6.07) is 12.8. The van der Waals surface area contributed by atoms with Gasteiger partial charge in [-0.2, -0.15) is 0 Å². The number of aliphatic hydroxyl groups is 1. The Bertz CT molecular complexity index is 1080. The fourth-order valence-corrected chi connectivity index (χ4v) is 4.90. The molecule has 0 spiro atoms. The lowest BCUT2D eigenvalue weighted by Crippen LogP contribution is -2.44. The summed E-state index contributed by atoms with van der Waals surface area (Å²) in [6.07, 6.45) is 0.995. The maximum Gasteiger partial charge on any atom is 0.118 e. The Morgan fingerprint density at radius 3 is 2.76 bits per heavy atom. The molecule has 5 rings (SSSR count). The van der Waals surface area contributed by atoms with E-state index in [2.05, 4.69) is 46.1 Å². The number of para-hydroxylation sites is 1. The fraction of sp³-hybridized carbons (Fsp3) is 0.391. The molecule has 4 aromatic rings. The maximum atomic E-state index is 13.9. The lowest BCUT2D eigenvalue weighted by Gasteiger charge is -2.36. The standard InChI is InChI=1S/C16H21FN2.C7H7NOS/c1-11-8-13-12-6-4-5-7-14(12)18-15(13)9-19(11)10-16(2,3)17;9-4-6-3-5-1-2-10-7(5)8-6/h4-7,11,18H,8-10H2,1-3H3;1-3,8-9H,4H2. The van der Waals surface area contributed by atoms with Gasteiger partial charge >= 0.3 is 0 Å². The highest BCUT2D eigenvalue weighted by atomic mass is 32.1. The van der Waals surface area contributed by atoms with E-state index in [1.54, 1.807) is 25.2 Å². The molecule has 6 heteroatoms. The third-order valence-corrected chi connectivity index (χ3v) is 6.28. The molecule has 1 aliphatic heterocycles. The molecule has 0 amide bonds. The number of rotatable bonds is 3. The van der Waals surface area contributed by atoms with Crippen molar-refractivity contribution in [3.63, 3.8) is 0 Å². The summed E-state index contributed by atoms with van der Waals surface area (Å²) < 4.78 is 13.9. The van der Waals surface area contributed by atoms with Crippen LogP contribution in [0.4, 0.5) is 4.39 Å². The highest BCUT2D eigenvalue weighted by Crippen LogP contribution is 2.31. The maximum absolute atomic E-state index is 13.9. The van der Waals surface area contributed by atoms with Gasteiger partial charge in [-0.3, -0.25) is 4.90 Å². The second kappa shape index (κ2) is 7.94. The number of fused-ring (bicyclic) bond motifs is 4. The largest absolute Gasteiger partial charge is 0.390 e. The summed E-state index contributed by atoms with van der Waals surface area (Å²) in [7, 11) is 0. The van der Waals surface area contributed by atoms with Crippen molar-refractivity contribution >= 4 is 32.5 Å². The van der Waals surface area contributed by atoms with Crippen LogP contribution in [0.5, 0.6) is 0 Å². The zero-order chi connectivity index (χ0) is 20.6. The van der Waals surface area contributed by atoms with E-state index in [9.17, 15) is 4.39 Å². The van der Waals surface area contributed by atoms with E-state index in [-0.39, 0.29) is 6.61 Å². The fourth-order valence-electron chi connectivity index (χ4n) is 4.09. The van der Waals surface area contributed by atoms with Crippen molar-refractivity contribution in [2.75, 3.05) is 6.54 Å². The zero-order valence-corrected chi connectivity index (χ0v) is 17.9. The van der Waals surface area contributed by atoms with Gasteiger partial charge in [-0.05, 0) is 56.3 Å². The first-order valence-corrected chi connectivity index (χ1v) is 10.9. The topological polar surface area (TPSA) is 55.1 Å². The smallest absolute Gasteiger partial charge is 0.118 e. The van der Waals surface area contributed by atoms with Crippen LogP contribution in [0.25, 0.3) is 21.1 Å². The Hall–Kier alpha value is -2.15. The molecule has 1 aromatic carbocycles. The summed E-state index contributed by atoms with van der Waals surface area (Å²) in [5.74, 6) is 0. The van der Waals surface area contributed by atoms with Crippen LogP contribution < -0.4 is 0 Å². The summed E-state index contributed by atoms with van der Waals surface area (Å²) in [5, 5.41) is 13.3. The van der Waals surface area contributed by atoms with Crippen molar-refractivity contribution in [2.24, 2.45) is 0 Å². The molecule has 1 atom stereocenters. The number of aromatic amines is 2. The van der Waals surface area contributed by atoms with Crippen molar-refractivity contribution < 1.29 is 9.50 Å². The molecule has 3 N–H and O–H groups in total. The molecular formula is C23H28FN3OS. The highest BCUT2D eigenvalue weighted by Gasteiger charge is 2.30. The van der Waals surface area contributed by atoms with Gasteiger partial charge in [-0.1, -0.05) is 18.2 Å². The molecule has 3 aromatic heterocycles. The Morgan fingerprint density at radius 1 is 1.24 bits per heavy atom. The molecule has 0 saturated carbocycles. The van der Waals surface area contributed by atoms with E-state index >= 15 is 0 Å². The Balaban J connectivity index is 0.000000171. The molecule has 29 heavy (non-hydrogen) atoms. The van der Waals surface area contributed by atoms with Gasteiger partial charge in [-0.25, -0.2) is 4.39 Å². The molecule has 0 aliphatic carbocycles. The van der Waals surface area contributed by atoms with Crippen molar-refractivity contribution in [2.45, 2.75) is 52.1 Å². The van der Waals surface area contributed by atoms with Gasteiger partial charge < -0.3 is 15.1 Å². The number of hydrogen-bond acceptors (Lipinski definition) is 3. The molecule has 154 valence electrons. The molecule has 4 nitrogen and oxygen atoms in total. The van der Waals surface area contributed by atoms with Crippen molar-refractivity contribution in [1.29, 1.82) is 0 Å². The minimum Gasteiger partial charge on any atom is -0.390 e. The van der Waals surface area contributed by atoms with Crippen LogP contribution >= 0.6 is 11.3 Å². The minimum absolute atomic E-state index is 0.0986. The van der Waals surface area contributed by atoms with Crippen LogP contribution in [0.3, 0.4) is 0 Å². The van der Waals surface area contributed by atoms with E-state index in [0.29, 0.717) is 12.6 Å². The molecule has 0 bridgehead atoms. The van der Waals surface area contributed by atoms with Crippen LogP contribution in [-0.4, -0.2) is 38.2 Å². The number of aliphatic hydroxyl groups excluding tert-OH is 1. The van der Waals surface area contributed by atoms with Crippen molar-refractivity contribution in [3.8, 4) is 0 Å². The van der Waals surface area contributed by atoms with Crippen molar-refractivity contribution in [3.05, 3.63) is 58.7 Å². The number of halogens is 1. The summed E-state index contributed by atoms with van der Waals surface area (Å²) >= 11 is 1.66. The monoisotopic (exact) mass is 413 g/mol. The number of nitrogens with zero attached hydrogens (tertiary/aromatic N) is 1. The third-order valence-electron chi connectivity index (χ3n) is 5.44. The second-order valence-corrected chi connectivity index (χ2v) is 9.38. The summed E-state index contributed by atoms with van der Waals surface area (Å²) in [6.45, 7) is 6.90. The van der Waals surface area contributed by atoms with Gasteiger partial charge in [0.2, 0.25) is 0 Å². The highest BCUT2D eigenvalue weighted by molar-refractivity contribution is 7.16. The molecule has 1 unspecified atom stereocenters. The van der Waals surface area contributed by atoms with Crippen LogP contribution in [0.1, 0.15) is 37.7 Å². The first kappa shape index (κ1) is 20.1. The lowest BCUT2D eigenvalue weighted by molar-refractivity contribution is 0.0853. The second-order valence-electron chi connectivity index (χ2n) is 8.46. The molecule has 0 saturated heterocycles. The average molecular weight is 414 g/mol. The SMILES string of the molecule is CC1Cc2c([nH]c3ccccc23)CN1CC(C)(C)F.OCc1cc2ccsc2[nH]1. The average Bonchev–Trinajstić information content (AvgIpc) is 3.34. The van der Waals surface area contributed by atoms with Crippen LogP contribution in [0.15, 0.2) is 41.8 Å². The number of H-pyrrole nitrogens is 2. The number of thiophene rings is 1. The predicted molar refractivity (Wildman–Crippen MR) is 119 cm³/mol. The predicted octanol–water partition coefficient (Wildman–Crippen LogP) is 5.38. The van der Waals surface area contributed by atoms with E-state index in [1.165, 1.54) is 27.5 Å². The summed E-state index contributed by atoms with van der Waals surface area (Å²) in [4.78, 5) is 9.96. The van der Waals surface area contributed by atoms with Gasteiger partial charge in [0, 0.05) is 46.8 Å². The number of benzene rings is 1. The molecule has 1 aliphatic rings. The van der Waals surface area contributed by atoms with Crippen LogP contribution in [0.2, 0.25) is 0 Å². The lowest BCUT2D eigenvalue weighted by atomic mass is 9.96. The van der Waals surface area contributed by atoms with E-state index in [4.69, 9.17) is 5.11 Å². The van der Waals surface area contributed by atoms with Gasteiger partial charge in [0.05, 0.1) is 11.4 Å². The number of aromatic nitrogens is 2. The number of alkyl halides is 1. The minimum atomic E-state index is -1.14. The Morgan fingerprint density at radius 2 is 2.03 bits per heavy atom. The first-order chi connectivity index (χ1) is 13.8. The third kappa shape index (κ3) is 4.39. The van der Waals surface area contributed by atoms with Crippen molar-refractivity contribution in [1.82, 2.24) is 14.9 Å². The molecular weight excluding hydrogens is 385 g/mol. The van der Waals surface area contributed by atoms with E-state index < -0.39 is 5.67 Å². The van der Waals surface area contributed by atoms with Gasteiger partial charge in [0.1, 0.15) is 5.67 Å². The van der Waals surface area contributed by atoms with Gasteiger partial charge in [0.25, 0.3) is 0 Å². The van der Waals surface area contributed by atoms with Gasteiger partial charge in [0.15, 0.2) is 0 Å². The van der Waals surface area contributed by atoms with E-state index in [1.807, 2.05) is 17.5 Å².